The molecule has 0 aliphatic carbocycles. The van der Waals surface area contributed by atoms with Crippen LogP contribution >= 0.6 is 0 Å². The number of amides is 1. The first kappa shape index (κ1) is 13.5. The smallest absolute Gasteiger partial charge is 0.255 e. The summed E-state index contributed by atoms with van der Waals surface area (Å²) in [6.07, 6.45) is 5.07. The minimum absolute atomic E-state index is 0.0761. The number of carbonyl (C=O) groups excluding carboxylic acids is 1. The van der Waals surface area contributed by atoms with E-state index in [1.807, 2.05) is 11.0 Å². The van der Waals surface area contributed by atoms with Gasteiger partial charge in [0, 0.05) is 31.5 Å². The predicted molar refractivity (Wildman–Crippen MR) is 80.2 cm³/mol. The van der Waals surface area contributed by atoms with Gasteiger partial charge in [0.15, 0.2) is 0 Å². The number of nitrogens with zero attached hydrogens (tertiary/aromatic N) is 1. The van der Waals surface area contributed by atoms with Crippen molar-refractivity contribution in [2.24, 2.45) is 0 Å². The highest BCUT2D eigenvalue weighted by Crippen LogP contribution is 2.26. The number of hydrogen-bond acceptors (Lipinski definition) is 3. The molecule has 1 fully saturated rings. The normalized spacial score (nSPS) is 15.1. The van der Waals surface area contributed by atoms with Gasteiger partial charge >= 0.3 is 0 Å². The van der Waals surface area contributed by atoms with E-state index in [2.05, 4.69) is 11.9 Å². The van der Waals surface area contributed by atoms with Gasteiger partial charge in [-0.25, -0.2) is 0 Å². The van der Waals surface area contributed by atoms with E-state index in [1.54, 1.807) is 19.2 Å². The molecule has 19 heavy (non-hydrogen) atoms. The monoisotopic (exact) mass is 259 g/mol. The van der Waals surface area contributed by atoms with E-state index in [9.17, 15) is 4.79 Å². The van der Waals surface area contributed by atoms with Crippen LogP contribution in [-0.4, -0.2) is 30.9 Å². The summed E-state index contributed by atoms with van der Waals surface area (Å²) < 4.78 is 0. The van der Waals surface area contributed by atoms with Crippen LogP contribution in [-0.2, 0) is 0 Å². The van der Waals surface area contributed by atoms with Gasteiger partial charge in [-0.3, -0.25) is 4.79 Å². The summed E-state index contributed by atoms with van der Waals surface area (Å²) in [6.45, 7) is 5.42. The van der Waals surface area contributed by atoms with Gasteiger partial charge in [-0.1, -0.05) is 12.7 Å². The van der Waals surface area contributed by atoms with Gasteiger partial charge in [-0.2, -0.15) is 0 Å². The van der Waals surface area contributed by atoms with E-state index in [4.69, 9.17) is 5.73 Å². The molecule has 4 heteroatoms. The number of nitrogen functional groups attached to an aromatic ring is 1. The molecular formula is C15H21N3O. The summed E-state index contributed by atoms with van der Waals surface area (Å²) in [5.41, 5.74) is 8.81. The Morgan fingerprint density at radius 2 is 2.05 bits per heavy atom. The molecule has 0 bridgehead atoms. The maximum absolute atomic E-state index is 12.6. The Bertz CT molecular complexity index is 490. The van der Waals surface area contributed by atoms with Crippen LogP contribution < -0.4 is 11.1 Å². The van der Waals surface area contributed by atoms with Gasteiger partial charge < -0.3 is 16.0 Å². The van der Waals surface area contributed by atoms with Crippen LogP contribution in [0.25, 0.3) is 6.08 Å². The lowest BCUT2D eigenvalue weighted by atomic mass is 10.0. The fourth-order valence-corrected chi connectivity index (χ4v) is 2.46. The van der Waals surface area contributed by atoms with E-state index < -0.39 is 0 Å². The fraction of sp³-hybridized carbons (Fsp3) is 0.400. The van der Waals surface area contributed by atoms with Crippen LogP contribution in [0.5, 0.6) is 0 Å². The molecule has 1 aliphatic rings. The molecule has 0 spiro atoms. The number of anilines is 2. The molecular weight excluding hydrogens is 238 g/mol. The summed E-state index contributed by atoms with van der Waals surface area (Å²) in [5, 5.41) is 3.05. The maximum atomic E-state index is 12.6. The van der Waals surface area contributed by atoms with E-state index in [-0.39, 0.29) is 5.91 Å². The Balaban J connectivity index is 2.36. The lowest BCUT2D eigenvalue weighted by Gasteiger charge is -2.27. The number of hydrogen-bond donors (Lipinski definition) is 2. The lowest BCUT2D eigenvalue weighted by Crippen LogP contribution is -2.36. The van der Waals surface area contributed by atoms with Crippen LogP contribution in [0.4, 0.5) is 11.4 Å². The van der Waals surface area contributed by atoms with Gasteiger partial charge in [0.1, 0.15) is 0 Å². The molecule has 1 aliphatic heterocycles. The van der Waals surface area contributed by atoms with Crippen molar-refractivity contribution in [3.05, 3.63) is 29.8 Å². The number of nitrogens with two attached hydrogens (primary N) is 1. The Morgan fingerprint density at radius 3 is 2.63 bits per heavy atom. The van der Waals surface area contributed by atoms with E-state index in [1.165, 1.54) is 6.42 Å². The summed E-state index contributed by atoms with van der Waals surface area (Å²) in [5.74, 6) is 0.0761. The standard InChI is InChI=1S/C15H21N3O/c1-3-11-9-12(14(17-2)10-13(11)16)15(19)18-7-5-4-6-8-18/h3,9-10,17H,1,4-8,16H2,2H3. The van der Waals surface area contributed by atoms with Crippen molar-refractivity contribution in [2.75, 3.05) is 31.2 Å². The Kier molecular flexibility index (Phi) is 4.10. The summed E-state index contributed by atoms with van der Waals surface area (Å²) in [4.78, 5) is 14.5. The van der Waals surface area contributed by atoms with Crippen molar-refractivity contribution >= 4 is 23.4 Å². The van der Waals surface area contributed by atoms with Crippen molar-refractivity contribution in [3.8, 4) is 0 Å². The average Bonchev–Trinajstić information content (AvgIpc) is 2.47. The number of benzene rings is 1. The fourth-order valence-electron chi connectivity index (χ4n) is 2.46. The lowest BCUT2D eigenvalue weighted by molar-refractivity contribution is 0.0725. The topological polar surface area (TPSA) is 58.4 Å². The van der Waals surface area contributed by atoms with Gasteiger partial charge in [-0.05, 0) is 37.0 Å². The van der Waals surface area contributed by atoms with Crippen molar-refractivity contribution in [1.29, 1.82) is 0 Å². The van der Waals surface area contributed by atoms with Crippen molar-refractivity contribution in [2.45, 2.75) is 19.3 Å². The summed E-state index contributed by atoms with van der Waals surface area (Å²) >= 11 is 0. The maximum Gasteiger partial charge on any atom is 0.255 e. The number of nitrogens with one attached hydrogen (secondary N) is 1. The molecule has 1 amide bonds. The zero-order valence-corrected chi connectivity index (χ0v) is 11.4. The Labute approximate surface area is 114 Å². The highest BCUT2D eigenvalue weighted by atomic mass is 16.2. The highest BCUT2D eigenvalue weighted by molar-refractivity contribution is 6.01. The van der Waals surface area contributed by atoms with Crippen LogP contribution in [0.1, 0.15) is 35.2 Å². The van der Waals surface area contributed by atoms with Gasteiger partial charge in [0.25, 0.3) is 5.91 Å². The van der Waals surface area contributed by atoms with Crippen molar-refractivity contribution in [3.63, 3.8) is 0 Å². The van der Waals surface area contributed by atoms with Gasteiger partial charge in [-0.15, -0.1) is 0 Å². The van der Waals surface area contributed by atoms with Crippen LogP contribution in [0.3, 0.4) is 0 Å². The quantitative estimate of drug-likeness (QED) is 0.820. The van der Waals surface area contributed by atoms with Crippen molar-refractivity contribution < 1.29 is 4.79 Å². The minimum Gasteiger partial charge on any atom is -0.398 e. The average molecular weight is 259 g/mol. The van der Waals surface area contributed by atoms with E-state index in [0.29, 0.717) is 11.3 Å². The van der Waals surface area contributed by atoms with E-state index >= 15 is 0 Å². The molecule has 0 saturated carbocycles. The zero-order chi connectivity index (χ0) is 13.8. The molecule has 102 valence electrons. The second-order valence-corrected chi connectivity index (χ2v) is 4.83. The first-order valence-corrected chi connectivity index (χ1v) is 6.70. The summed E-state index contributed by atoms with van der Waals surface area (Å²) in [7, 11) is 1.80. The largest absolute Gasteiger partial charge is 0.398 e. The van der Waals surface area contributed by atoms with Crippen LogP contribution in [0, 0.1) is 0 Å². The first-order valence-electron chi connectivity index (χ1n) is 6.70. The van der Waals surface area contributed by atoms with Crippen LogP contribution in [0.15, 0.2) is 18.7 Å². The number of likely N-dealkylation sites (tertiary alicyclic amines) is 1. The molecule has 3 N–H and O–H groups in total. The third-order valence-electron chi connectivity index (χ3n) is 3.59. The highest BCUT2D eigenvalue weighted by Gasteiger charge is 2.21. The number of rotatable bonds is 3. The second kappa shape index (κ2) is 5.78. The van der Waals surface area contributed by atoms with Gasteiger partial charge in [0.05, 0.1) is 5.56 Å². The molecule has 1 aromatic carbocycles. The molecule has 1 heterocycles. The summed E-state index contributed by atoms with van der Waals surface area (Å²) in [6, 6.07) is 3.62. The molecule has 0 unspecified atom stereocenters. The molecule has 2 rings (SSSR count). The molecule has 0 radical (unpaired) electrons. The predicted octanol–water partition coefficient (Wildman–Crippen LogP) is 2.58. The number of carbonyl (C=O) groups is 1. The third-order valence-corrected chi connectivity index (χ3v) is 3.59. The van der Waals surface area contributed by atoms with E-state index in [0.717, 1.165) is 37.2 Å². The first-order chi connectivity index (χ1) is 9.17. The minimum atomic E-state index is 0.0761. The Morgan fingerprint density at radius 1 is 1.37 bits per heavy atom. The molecule has 1 saturated heterocycles. The number of piperidine rings is 1. The molecule has 0 aromatic heterocycles. The SMILES string of the molecule is C=Cc1cc(C(=O)N2CCCCC2)c(NC)cc1N. The van der Waals surface area contributed by atoms with Crippen molar-refractivity contribution in [1.82, 2.24) is 4.90 Å². The van der Waals surface area contributed by atoms with Gasteiger partial charge in [0.2, 0.25) is 0 Å². The zero-order valence-electron chi connectivity index (χ0n) is 11.4. The third kappa shape index (κ3) is 2.72. The molecule has 4 nitrogen and oxygen atoms in total. The molecule has 1 aromatic rings. The second-order valence-electron chi connectivity index (χ2n) is 4.83. The van der Waals surface area contributed by atoms with Crippen LogP contribution in [0.2, 0.25) is 0 Å². The Hall–Kier alpha value is -1.97. The molecule has 0 atom stereocenters.